The number of ether oxygens (including phenoxy) is 1. The second-order valence-electron chi connectivity index (χ2n) is 7.23. The number of hydrogen-bond donors (Lipinski definition) is 0. The molecule has 3 heterocycles. The van der Waals surface area contributed by atoms with E-state index in [1.165, 1.54) is 24.3 Å². The van der Waals surface area contributed by atoms with Crippen LogP contribution in [0.15, 0.2) is 48.7 Å². The van der Waals surface area contributed by atoms with E-state index in [-0.39, 0.29) is 18.3 Å². The number of amides is 1. The molecule has 1 aliphatic heterocycles. The van der Waals surface area contributed by atoms with Crippen LogP contribution in [0.2, 0.25) is 0 Å². The quantitative estimate of drug-likeness (QED) is 0.649. The van der Waals surface area contributed by atoms with Crippen molar-refractivity contribution in [3.05, 3.63) is 65.9 Å². The molecule has 0 saturated carbocycles. The molecule has 0 atom stereocenters. The number of carbonyl (C=O) groups excluding carboxylic acids is 1. The van der Waals surface area contributed by atoms with E-state index in [1.807, 2.05) is 36.7 Å². The summed E-state index contributed by atoms with van der Waals surface area (Å²) < 4.78 is 20.3. The number of aromatic nitrogens is 3. The van der Waals surface area contributed by atoms with E-state index < -0.39 is 0 Å². The van der Waals surface area contributed by atoms with Gasteiger partial charge in [0.2, 0.25) is 0 Å². The third-order valence-corrected chi connectivity index (χ3v) is 5.24. The van der Waals surface area contributed by atoms with Gasteiger partial charge in [0.05, 0.1) is 17.1 Å². The Morgan fingerprint density at radius 1 is 1.07 bits per heavy atom. The summed E-state index contributed by atoms with van der Waals surface area (Å²) in [6.07, 6.45) is 1.75. The number of hydrogen-bond acceptors (Lipinski definition) is 5. The first-order valence-electron chi connectivity index (χ1n) is 9.91. The van der Waals surface area contributed by atoms with E-state index in [4.69, 9.17) is 4.74 Å². The zero-order valence-corrected chi connectivity index (χ0v) is 17.1. The van der Waals surface area contributed by atoms with Crippen LogP contribution in [0, 0.1) is 19.7 Å². The monoisotopic (exact) mass is 409 g/mol. The molecule has 1 aromatic carbocycles. The second-order valence-corrected chi connectivity index (χ2v) is 7.23. The van der Waals surface area contributed by atoms with Gasteiger partial charge in [-0.2, -0.15) is 5.10 Å². The molecule has 0 bridgehead atoms. The molecule has 8 heteroatoms. The number of benzene rings is 1. The lowest BCUT2D eigenvalue weighted by Crippen LogP contribution is -2.50. The number of pyridine rings is 1. The Morgan fingerprint density at radius 3 is 2.47 bits per heavy atom. The molecule has 0 radical (unpaired) electrons. The summed E-state index contributed by atoms with van der Waals surface area (Å²) >= 11 is 0. The fourth-order valence-electron chi connectivity index (χ4n) is 3.74. The lowest BCUT2D eigenvalue weighted by molar-refractivity contribution is -0.133. The van der Waals surface area contributed by atoms with Crippen LogP contribution in [-0.4, -0.2) is 58.4 Å². The smallest absolute Gasteiger partial charge is 0.260 e. The van der Waals surface area contributed by atoms with Crippen LogP contribution < -0.4 is 9.64 Å². The lowest BCUT2D eigenvalue weighted by atomic mass is 10.2. The molecule has 7 nitrogen and oxygen atoms in total. The molecule has 1 amide bonds. The van der Waals surface area contributed by atoms with E-state index >= 15 is 0 Å². The molecule has 1 fully saturated rings. The van der Waals surface area contributed by atoms with E-state index in [0.29, 0.717) is 18.8 Å². The van der Waals surface area contributed by atoms with Crippen LogP contribution >= 0.6 is 0 Å². The maximum atomic E-state index is 13.0. The Labute approximate surface area is 174 Å². The van der Waals surface area contributed by atoms with Gasteiger partial charge in [-0.1, -0.05) is 6.07 Å². The number of rotatable bonds is 5. The molecule has 4 rings (SSSR count). The van der Waals surface area contributed by atoms with E-state index in [9.17, 15) is 9.18 Å². The molecule has 156 valence electrons. The van der Waals surface area contributed by atoms with Gasteiger partial charge >= 0.3 is 0 Å². The van der Waals surface area contributed by atoms with Crippen LogP contribution in [0.25, 0.3) is 5.82 Å². The summed E-state index contributed by atoms with van der Waals surface area (Å²) in [6.45, 7) is 6.64. The number of halogens is 1. The number of nitrogens with zero attached hydrogens (tertiary/aromatic N) is 5. The van der Waals surface area contributed by atoms with Gasteiger partial charge in [-0.3, -0.25) is 4.79 Å². The van der Waals surface area contributed by atoms with Gasteiger partial charge in [0.25, 0.3) is 5.91 Å². The number of anilines is 1. The van der Waals surface area contributed by atoms with Crippen molar-refractivity contribution in [3.63, 3.8) is 0 Å². The first-order valence-corrected chi connectivity index (χ1v) is 9.91. The molecule has 0 aliphatic carbocycles. The zero-order valence-electron chi connectivity index (χ0n) is 17.1. The SMILES string of the molecule is Cc1nn(-c2ccccn2)c(C)c1N1CCN(C(=O)COc2ccc(F)cc2)CC1. The average molecular weight is 409 g/mol. The Bertz CT molecular complexity index is 1010. The molecule has 0 N–H and O–H groups in total. The zero-order chi connectivity index (χ0) is 21.1. The second kappa shape index (κ2) is 8.52. The van der Waals surface area contributed by atoms with Gasteiger partial charge in [0.15, 0.2) is 12.4 Å². The molecule has 1 saturated heterocycles. The third kappa shape index (κ3) is 4.12. The highest BCUT2D eigenvalue weighted by atomic mass is 19.1. The predicted molar refractivity (Wildman–Crippen MR) is 112 cm³/mol. The standard InChI is InChI=1S/C22H24FN5O2/c1-16-22(17(2)28(25-16)20-5-3-4-10-24-20)27-13-11-26(12-14-27)21(29)15-30-19-8-6-18(23)7-9-19/h3-10H,11-15H2,1-2H3. The minimum Gasteiger partial charge on any atom is -0.484 e. The summed E-state index contributed by atoms with van der Waals surface area (Å²) in [4.78, 5) is 20.9. The predicted octanol–water partition coefficient (Wildman–Crippen LogP) is 2.75. The van der Waals surface area contributed by atoms with E-state index in [2.05, 4.69) is 15.0 Å². The van der Waals surface area contributed by atoms with Gasteiger partial charge in [-0.05, 0) is 50.2 Å². The Hall–Kier alpha value is -3.42. The van der Waals surface area contributed by atoms with Crippen molar-refractivity contribution >= 4 is 11.6 Å². The van der Waals surface area contributed by atoms with Crippen LogP contribution in [0.4, 0.5) is 10.1 Å². The number of piperazine rings is 1. The highest BCUT2D eigenvalue weighted by Crippen LogP contribution is 2.27. The van der Waals surface area contributed by atoms with Crippen molar-refractivity contribution in [1.29, 1.82) is 0 Å². The maximum Gasteiger partial charge on any atom is 0.260 e. The fraction of sp³-hybridized carbons (Fsp3) is 0.318. The molecule has 0 unspecified atom stereocenters. The summed E-state index contributed by atoms with van der Waals surface area (Å²) in [6, 6.07) is 11.4. The van der Waals surface area contributed by atoms with Crippen molar-refractivity contribution in [2.24, 2.45) is 0 Å². The van der Waals surface area contributed by atoms with Crippen molar-refractivity contribution in [2.75, 3.05) is 37.7 Å². The van der Waals surface area contributed by atoms with Crippen molar-refractivity contribution in [1.82, 2.24) is 19.7 Å². The molecule has 30 heavy (non-hydrogen) atoms. The summed E-state index contributed by atoms with van der Waals surface area (Å²) in [5, 5.41) is 4.66. The lowest BCUT2D eigenvalue weighted by Gasteiger charge is -2.36. The molecular formula is C22H24FN5O2. The minimum absolute atomic E-state index is 0.0543. The minimum atomic E-state index is -0.332. The molecule has 2 aromatic heterocycles. The fourth-order valence-corrected chi connectivity index (χ4v) is 3.74. The average Bonchev–Trinajstić information content (AvgIpc) is 3.08. The Kier molecular flexibility index (Phi) is 5.65. The van der Waals surface area contributed by atoms with Gasteiger partial charge in [0.1, 0.15) is 11.6 Å². The molecular weight excluding hydrogens is 385 g/mol. The van der Waals surface area contributed by atoms with Crippen LogP contribution in [-0.2, 0) is 4.79 Å². The van der Waals surface area contributed by atoms with Gasteiger partial charge in [-0.25, -0.2) is 14.1 Å². The Balaban J connectivity index is 1.37. The van der Waals surface area contributed by atoms with Gasteiger partial charge in [0, 0.05) is 32.4 Å². The first kappa shape index (κ1) is 19.9. The van der Waals surface area contributed by atoms with Crippen molar-refractivity contribution in [3.8, 4) is 11.6 Å². The summed E-state index contributed by atoms with van der Waals surface area (Å²) in [5.41, 5.74) is 3.07. The third-order valence-electron chi connectivity index (χ3n) is 5.24. The van der Waals surface area contributed by atoms with Crippen molar-refractivity contribution < 1.29 is 13.9 Å². The largest absolute Gasteiger partial charge is 0.484 e. The van der Waals surface area contributed by atoms with Crippen LogP contribution in [0.1, 0.15) is 11.4 Å². The Morgan fingerprint density at radius 2 is 1.80 bits per heavy atom. The van der Waals surface area contributed by atoms with Crippen LogP contribution in [0.3, 0.4) is 0 Å². The van der Waals surface area contributed by atoms with E-state index in [1.54, 1.807) is 11.1 Å². The molecule has 1 aliphatic rings. The molecule has 3 aromatic rings. The van der Waals surface area contributed by atoms with Crippen LogP contribution in [0.5, 0.6) is 5.75 Å². The molecule has 0 spiro atoms. The topological polar surface area (TPSA) is 63.5 Å². The normalized spacial score (nSPS) is 14.1. The summed E-state index contributed by atoms with van der Waals surface area (Å²) in [5.74, 6) is 0.867. The summed E-state index contributed by atoms with van der Waals surface area (Å²) in [7, 11) is 0. The first-order chi connectivity index (χ1) is 14.5. The number of aryl methyl sites for hydroxylation is 1. The number of carbonyl (C=O) groups is 1. The van der Waals surface area contributed by atoms with E-state index in [0.717, 1.165) is 36.0 Å². The van der Waals surface area contributed by atoms with Gasteiger partial charge in [-0.15, -0.1) is 0 Å². The highest BCUT2D eigenvalue weighted by molar-refractivity contribution is 5.78. The van der Waals surface area contributed by atoms with Crippen molar-refractivity contribution in [2.45, 2.75) is 13.8 Å². The van der Waals surface area contributed by atoms with Gasteiger partial charge < -0.3 is 14.5 Å². The maximum absolute atomic E-state index is 13.0. The highest BCUT2D eigenvalue weighted by Gasteiger charge is 2.25.